The van der Waals surface area contributed by atoms with Gasteiger partial charge in [0.05, 0.1) is 12.2 Å². The Kier molecular flexibility index (Phi) is 4.09. The van der Waals surface area contributed by atoms with E-state index < -0.39 is 0 Å². The van der Waals surface area contributed by atoms with Crippen molar-refractivity contribution >= 4 is 8.69 Å². The van der Waals surface area contributed by atoms with E-state index in [1.165, 1.54) is 0 Å². The molecule has 0 aromatic rings. The van der Waals surface area contributed by atoms with Gasteiger partial charge in [0.2, 0.25) is 0 Å². The maximum Gasteiger partial charge on any atom is 0.327 e. The van der Waals surface area contributed by atoms with Crippen LogP contribution in [-0.2, 0) is 13.8 Å². The molecule has 70 valence electrons. The minimum atomic E-state index is -0.262. The van der Waals surface area contributed by atoms with E-state index in [9.17, 15) is 4.57 Å². The fourth-order valence-electron chi connectivity index (χ4n) is 0.986. The molecule has 0 heterocycles. The molecule has 0 saturated heterocycles. The summed E-state index contributed by atoms with van der Waals surface area (Å²) in [4.78, 5) is 0. The molecule has 1 aliphatic rings. The Labute approximate surface area is 73.7 Å². The Bertz CT molecular complexity index is 150. The van der Waals surface area contributed by atoms with Crippen LogP contribution in [0.25, 0.3) is 0 Å². The molecule has 1 rings (SSSR count). The zero-order chi connectivity index (χ0) is 8.86. The van der Waals surface area contributed by atoms with E-state index >= 15 is 0 Å². The highest BCUT2D eigenvalue weighted by molar-refractivity contribution is 7.17. The van der Waals surface area contributed by atoms with Gasteiger partial charge in [-0.05, 0) is 25.8 Å². The normalized spacial score (nSPS) is 19.8. The second-order valence-corrected chi connectivity index (χ2v) is 3.43. The fraction of sp³-hybridized carbons (Fsp3) is 1.00. The Morgan fingerprint density at radius 3 is 2.75 bits per heavy atom. The van der Waals surface area contributed by atoms with Crippen molar-refractivity contribution in [1.29, 1.82) is 0 Å². The van der Waals surface area contributed by atoms with Crippen molar-refractivity contribution < 1.29 is 13.8 Å². The summed E-state index contributed by atoms with van der Waals surface area (Å²) in [5.74, 6) is 0. The zero-order valence-corrected chi connectivity index (χ0v) is 7.89. The molecule has 0 radical (unpaired) electrons. The molecule has 12 heavy (non-hydrogen) atoms. The molecule has 2 N–H and O–H groups in total. The third-order valence-corrected chi connectivity index (χ3v) is 2.18. The van der Waals surface area contributed by atoms with Crippen LogP contribution in [0.4, 0.5) is 0 Å². The van der Waals surface area contributed by atoms with Crippen molar-refractivity contribution in [1.82, 2.24) is 0 Å². The van der Waals surface area contributed by atoms with E-state index in [2.05, 4.69) is 0 Å². The van der Waals surface area contributed by atoms with E-state index in [4.69, 9.17) is 15.0 Å². The average Bonchev–Trinajstić information content (AvgIpc) is 2.83. The molecule has 0 aliphatic heterocycles. The summed E-state index contributed by atoms with van der Waals surface area (Å²) in [6, 6.07) is 0. The van der Waals surface area contributed by atoms with Gasteiger partial charge in [0, 0.05) is 6.61 Å². The Balaban J connectivity index is 2.07. The molecule has 0 amide bonds. The monoisotopic (exact) mass is 191 g/mol. The highest BCUT2D eigenvalue weighted by Gasteiger charge is 2.44. The summed E-state index contributed by atoms with van der Waals surface area (Å²) >= 11 is 0. The molecule has 0 unspecified atom stereocenters. The predicted molar refractivity (Wildman–Crippen MR) is 45.1 cm³/mol. The molecular weight excluding hydrogens is 177 g/mol. The summed E-state index contributed by atoms with van der Waals surface area (Å²) in [5, 5.41) is 0. The van der Waals surface area contributed by atoms with Crippen LogP contribution in [0.3, 0.4) is 0 Å². The number of hydrogen-bond acceptors (Lipinski definition) is 4. The van der Waals surface area contributed by atoms with Gasteiger partial charge in [0.25, 0.3) is 0 Å². The Hall–Kier alpha value is -0.0200. The number of ether oxygens (including phenoxy) is 1. The summed E-state index contributed by atoms with van der Waals surface area (Å²) in [6.07, 6.45) is 2.89. The Morgan fingerprint density at radius 2 is 2.25 bits per heavy atom. The minimum Gasteiger partial charge on any atom is -0.373 e. The van der Waals surface area contributed by atoms with Gasteiger partial charge in [0.1, 0.15) is 0 Å². The first-order valence-electron chi connectivity index (χ1n) is 4.12. The van der Waals surface area contributed by atoms with Crippen molar-refractivity contribution in [2.24, 2.45) is 5.73 Å². The quantitative estimate of drug-likeness (QED) is 0.483. The van der Waals surface area contributed by atoms with Crippen LogP contribution in [0.1, 0.15) is 19.3 Å². The standard InChI is InChI=1S/C7H14NO3P/c8-4-1-5-10-7(2-3-7)6-11-12-9/h1-6,8H2. The molecular formula is C7H14NO3P. The summed E-state index contributed by atoms with van der Waals surface area (Å²) < 4.78 is 20.3. The van der Waals surface area contributed by atoms with E-state index in [0.717, 1.165) is 19.3 Å². The fourth-order valence-corrected chi connectivity index (χ4v) is 1.27. The maximum atomic E-state index is 10.0. The lowest BCUT2D eigenvalue weighted by atomic mass is 10.3. The molecule has 0 bridgehead atoms. The number of hydrogen-bond donors (Lipinski definition) is 1. The van der Waals surface area contributed by atoms with Crippen molar-refractivity contribution in [3.05, 3.63) is 0 Å². The van der Waals surface area contributed by atoms with Gasteiger partial charge >= 0.3 is 8.69 Å². The number of rotatable bonds is 7. The van der Waals surface area contributed by atoms with Gasteiger partial charge in [-0.15, -0.1) is 0 Å². The van der Waals surface area contributed by atoms with E-state index in [1.54, 1.807) is 0 Å². The van der Waals surface area contributed by atoms with Crippen molar-refractivity contribution in [2.45, 2.75) is 24.9 Å². The predicted octanol–water partition coefficient (Wildman–Crippen LogP) is 1.11. The van der Waals surface area contributed by atoms with Crippen LogP contribution in [0, 0.1) is 0 Å². The molecule has 0 atom stereocenters. The lowest BCUT2D eigenvalue weighted by Gasteiger charge is -2.13. The van der Waals surface area contributed by atoms with Gasteiger partial charge in [-0.25, -0.2) is 4.57 Å². The third-order valence-electron chi connectivity index (χ3n) is 1.94. The second-order valence-electron chi connectivity index (χ2n) is 3.02. The van der Waals surface area contributed by atoms with Crippen LogP contribution < -0.4 is 5.73 Å². The van der Waals surface area contributed by atoms with Crippen LogP contribution >= 0.6 is 8.69 Å². The zero-order valence-electron chi connectivity index (χ0n) is 6.99. The number of nitrogens with two attached hydrogens (primary N) is 1. The van der Waals surface area contributed by atoms with Crippen molar-refractivity contribution in [3.63, 3.8) is 0 Å². The average molecular weight is 191 g/mol. The van der Waals surface area contributed by atoms with E-state index in [0.29, 0.717) is 19.8 Å². The van der Waals surface area contributed by atoms with Crippen LogP contribution in [0.15, 0.2) is 0 Å². The molecule has 0 aromatic heterocycles. The molecule has 1 saturated carbocycles. The van der Waals surface area contributed by atoms with Gasteiger partial charge < -0.3 is 10.5 Å². The summed E-state index contributed by atoms with van der Waals surface area (Å²) in [6.45, 7) is 1.76. The van der Waals surface area contributed by atoms with Crippen LogP contribution in [0.2, 0.25) is 0 Å². The van der Waals surface area contributed by atoms with Gasteiger partial charge in [-0.1, -0.05) is 0 Å². The maximum absolute atomic E-state index is 10.0. The molecule has 5 heteroatoms. The lowest BCUT2D eigenvalue weighted by Crippen LogP contribution is -2.21. The van der Waals surface area contributed by atoms with Gasteiger partial charge in [-0.2, -0.15) is 0 Å². The first-order valence-corrected chi connectivity index (χ1v) is 4.85. The molecule has 0 aromatic carbocycles. The first-order chi connectivity index (χ1) is 5.83. The van der Waals surface area contributed by atoms with E-state index in [-0.39, 0.29) is 14.3 Å². The highest BCUT2D eigenvalue weighted by Crippen LogP contribution is 2.40. The summed E-state index contributed by atoms with van der Waals surface area (Å²) in [7, 11) is -0.262. The largest absolute Gasteiger partial charge is 0.373 e. The van der Waals surface area contributed by atoms with Gasteiger partial charge in [0.15, 0.2) is 0 Å². The topological polar surface area (TPSA) is 61.6 Å². The molecule has 1 aliphatic carbocycles. The van der Waals surface area contributed by atoms with Crippen LogP contribution in [0.5, 0.6) is 0 Å². The third kappa shape index (κ3) is 3.15. The molecule has 4 nitrogen and oxygen atoms in total. The highest BCUT2D eigenvalue weighted by atomic mass is 31.1. The molecule has 0 spiro atoms. The Morgan fingerprint density at radius 1 is 1.50 bits per heavy atom. The second kappa shape index (κ2) is 4.87. The first kappa shape index (κ1) is 10.1. The van der Waals surface area contributed by atoms with Gasteiger partial charge in [-0.3, -0.25) is 4.52 Å². The minimum absolute atomic E-state index is 0.132. The lowest BCUT2D eigenvalue weighted by molar-refractivity contribution is 0.00280. The van der Waals surface area contributed by atoms with Crippen molar-refractivity contribution in [3.8, 4) is 0 Å². The van der Waals surface area contributed by atoms with Crippen molar-refractivity contribution in [2.75, 3.05) is 19.8 Å². The summed E-state index contributed by atoms with van der Waals surface area (Å²) in [5.41, 5.74) is 5.18. The van der Waals surface area contributed by atoms with E-state index in [1.807, 2.05) is 0 Å². The van der Waals surface area contributed by atoms with Crippen LogP contribution in [-0.4, -0.2) is 25.4 Å². The SMILES string of the molecule is NCCCOC1(COP=O)CC1. The smallest absolute Gasteiger partial charge is 0.327 e. The molecule has 1 fully saturated rings.